The number of rotatable bonds is 1. The van der Waals surface area contributed by atoms with E-state index in [2.05, 4.69) is 368 Å². The number of hydrogen-bond acceptors (Lipinski definition) is 1. The highest BCUT2D eigenvalue weighted by molar-refractivity contribution is 5.26. The second-order valence-corrected chi connectivity index (χ2v) is 33.8. The molecule has 0 unspecified atom stereocenters. The first-order valence-corrected chi connectivity index (χ1v) is 49.1. The quantitative estimate of drug-likeness (QED) is 0.161. The maximum Gasteiger partial charge on any atom is 0.0669 e. The van der Waals surface area contributed by atoms with Crippen molar-refractivity contribution >= 4 is 0 Å². The number of hydrogen-bond donors (Lipinski definition) is 0. The standard InChI is InChI=1S/C9H9N.19C7H8/c1-8-2-4-9(5-3-8)6-7-10;19*1-7-5-3-2-4-6-7/h2-5H,6H2,1H3;19*2-6H,1H3. The van der Waals surface area contributed by atoms with Gasteiger partial charge in [0.1, 0.15) is 0 Å². The molecule has 1 heteroatoms. The van der Waals surface area contributed by atoms with E-state index in [1.165, 1.54) is 111 Å². The molecule has 734 valence electrons. The molecule has 0 atom stereocenters. The summed E-state index contributed by atoms with van der Waals surface area (Å²) in [6.45, 7) is 41.6. The number of nitrogens with zero attached hydrogens (tertiary/aromatic N) is 1. The van der Waals surface area contributed by atoms with Crippen molar-refractivity contribution in [3.63, 3.8) is 0 Å². The summed E-state index contributed by atoms with van der Waals surface area (Å²) in [5, 5.41) is 8.34. The van der Waals surface area contributed by atoms with Crippen molar-refractivity contribution in [2.24, 2.45) is 0 Å². The molecule has 0 N–H and O–H groups in total. The molecule has 0 bridgehead atoms. The van der Waals surface area contributed by atoms with Gasteiger partial charge in [-0.3, -0.25) is 0 Å². The maximum atomic E-state index is 8.34. The highest BCUT2D eigenvalue weighted by atomic mass is 14.2. The van der Waals surface area contributed by atoms with Crippen molar-refractivity contribution in [1.29, 1.82) is 5.26 Å². The van der Waals surface area contributed by atoms with Crippen molar-refractivity contribution in [2.45, 2.75) is 145 Å². The molecule has 0 aromatic heterocycles. The normalized spacial score (nSPS) is 8.72. The lowest BCUT2D eigenvalue weighted by Crippen LogP contribution is -1.79. The second kappa shape index (κ2) is 89.8. The third kappa shape index (κ3) is 87.2. The number of nitriles is 1. The molecule has 0 heterocycles. The van der Waals surface area contributed by atoms with Crippen molar-refractivity contribution in [3.8, 4) is 6.07 Å². The van der Waals surface area contributed by atoms with Crippen molar-refractivity contribution in [1.82, 2.24) is 0 Å². The molecule has 0 saturated carbocycles. The first-order valence-electron chi connectivity index (χ1n) is 49.1. The van der Waals surface area contributed by atoms with Gasteiger partial charge in [0.15, 0.2) is 0 Å². The average molecular weight is 1880 g/mol. The van der Waals surface area contributed by atoms with Crippen LogP contribution in [0.4, 0.5) is 0 Å². The Hall–Kier alpha value is -16.1. The van der Waals surface area contributed by atoms with Crippen LogP contribution in [0.5, 0.6) is 0 Å². The van der Waals surface area contributed by atoms with E-state index in [0.717, 1.165) is 5.56 Å². The van der Waals surface area contributed by atoms with Crippen LogP contribution in [0.3, 0.4) is 0 Å². The molecule has 20 rings (SSSR count). The Morgan fingerprint density at radius 2 is 0.161 bits per heavy atom. The van der Waals surface area contributed by atoms with Crippen LogP contribution in [0.15, 0.2) is 601 Å². The lowest BCUT2D eigenvalue weighted by molar-refractivity contribution is 1.25. The zero-order valence-electron chi connectivity index (χ0n) is 89.3. The van der Waals surface area contributed by atoms with Crippen LogP contribution in [0, 0.1) is 150 Å². The summed E-state index contributed by atoms with van der Waals surface area (Å²) in [5.74, 6) is 0. The third-order valence-corrected chi connectivity index (χ3v) is 19.3. The first kappa shape index (κ1) is 125. The fourth-order valence-electron chi connectivity index (χ4n) is 11.0. The minimum atomic E-state index is 0.514. The van der Waals surface area contributed by atoms with Gasteiger partial charge in [-0.1, -0.05) is 712 Å². The molecular weight excluding hydrogens is 1720 g/mol. The molecule has 0 aliphatic rings. The van der Waals surface area contributed by atoms with Gasteiger partial charge in [0.05, 0.1) is 12.5 Å². The van der Waals surface area contributed by atoms with Gasteiger partial charge < -0.3 is 0 Å². The second-order valence-electron chi connectivity index (χ2n) is 33.8. The molecule has 20 aromatic carbocycles. The first-order chi connectivity index (χ1) is 69.3. The van der Waals surface area contributed by atoms with E-state index in [1.807, 2.05) is 377 Å². The van der Waals surface area contributed by atoms with Crippen LogP contribution in [0.25, 0.3) is 0 Å². The topological polar surface area (TPSA) is 23.8 Å². The Bertz CT molecular complexity index is 4520. The summed E-state index contributed by atoms with van der Waals surface area (Å²) in [7, 11) is 0. The molecule has 0 saturated heterocycles. The summed E-state index contributed by atoms with van der Waals surface area (Å²) < 4.78 is 0. The number of aryl methyl sites for hydroxylation is 20. The van der Waals surface area contributed by atoms with E-state index in [1.54, 1.807) is 0 Å². The molecule has 0 aliphatic heterocycles. The summed E-state index contributed by atoms with van der Waals surface area (Å²) in [6.07, 6.45) is 0.514. The predicted molar refractivity (Wildman–Crippen MR) is 633 cm³/mol. The van der Waals surface area contributed by atoms with E-state index in [0.29, 0.717) is 6.42 Å². The molecule has 1 nitrogen and oxygen atoms in total. The fourth-order valence-corrected chi connectivity index (χ4v) is 11.0. The number of benzene rings is 20. The molecule has 0 spiro atoms. The average Bonchev–Trinajstić information content (AvgIpc) is 0.930. The molecule has 0 amide bonds. The third-order valence-electron chi connectivity index (χ3n) is 19.3. The van der Waals surface area contributed by atoms with Crippen LogP contribution in [-0.2, 0) is 6.42 Å². The van der Waals surface area contributed by atoms with Gasteiger partial charge in [-0.05, 0) is 144 Å². The van der Waals surface area contributed by atoms with Gasteiger partial charge in [0.25, 0.3) is 0 Å². The fraction of sp³-hybridized carbons (Fsp3) is 0.148. The van der Waals surface area contributed by atoms with Crippen LogP contribution in [0.1, 0.15) is 117 Å². The van der Waals surface area contributed by atoms with Crippen LogP contribution >= 0.6 is 0 Å². The van der Waals surface area contributed by atoms with Gasteiger partial charge in [-0.2, -0.15) is 5.26 Å². The minimum Gasteiger partial charge on any atom is -0.198 e. The Kier molecular flexibility index (Phi) is 78.4. The van der Waals surface area contributed by atoms with Crippen LogP contribution < -0.4 is 0 Å². The van der Waals surface area contributed by atoms with Crippen LogP contribution in [-0.4, -0.2) is 0 Å². The van der Waals surface area contributed by atoms with E-state index < -0.39 is 0 Å². The largest absolute Gasteiger partial charge is 0.198 e. The summed E-state index contributed by atoms with van der Waals surface area (Å²) in [6, 6.07) is 205. The summed E-state index contributed by atoms with van der Waals surface area (Å²) in [5.41, 5.74) is 27.4. The Balaban J connectivity index is 0.000000753. The van der Waals surface area contributed by atoms with E-state index >= 15 is 0 Å². The molecule has 20 aromatic rings. The monoisotopic (exact) mass is 1880 g/mol. The van der Waals surface area contributed by atoms with Gasteiger partial charge in [0.2, 0.25) is 0 Å². The lowest BCUT2D eigenvalue weighted by atomic mass is 10.1. The van der Waals surface area contributed by atoms with Gasteiger partial charge in [-0.15, -0.1) is 0 Å². The predicted octanol–water partition coefficient (Wildman–Crippen LogP) is 40.0. The zero-order valence-corrected chi connectivity index (χ0v) is 89.3. The highest BCUT2D eigenvalue weighted by Crippen LogP contribution is 2.06. The van der Waals surface area contributed by atoms with Gasteiger partial charge in [-0.25, -0.2) is 0 Å². The highest BCUT2D eigenvalue weighted by Gasteiger charge is 1.89. The summed E-state index contributed by atoms with van der Waals surface area (Å²) >= 11 is 0. The molecule has 0 aliphatic carbocycles. The van der Waals surface area contributed by atoms with E-state index in [-0.39, 0.29) is 0 Å². The Morgan fingerprint density at radius 1 is 0.0979 bits per heavy atom. The van der Waals surface area contributed by atoms with E-state index in [9.17, 15) is 0 Å². The molecule has 0 radical (unpaired) electrons. The van der Waals surface area contributed by atoms with Gasteiger partial charge >= 0.3 is 0 Å². The zero-order chi connectivity index (χ0) is 105. The van der Waals surface area contributed by atoms with Crippen molar-refractivity contribution in [3.05, 3.63) is 717 Å². The smallest absolute Gasteiger partial charge is 0.0669 e. The Morgan fingerprint density at radius 3 is 0.210 bits per heavy atom. The molecular formula is C142H161N. The summed E-state index contributed by atoms with van der Waals surface area (Å²) in [4.78, 5) is 0. The Labute approximate surface area is 867 Å². The molecule has 143 heavy (non-hydrogen) atoms. The lowest BCUT2D eigenvalue weighted by Gasteiger charge is -1.93. The van der Waals surface area contributed by atoms with Gasteiger partial charge in [0, 0.05) is 0 Å². The SMILES string of the molecule is Cc1ccc(CC#N)cc1.Cc1ccccc1.Cc1ccccc1.Cc1ccccc1.Cc1ccccc1.Cc1ccccc1.Cc1ccccc1.Cc1ccccc1.Cc1ccccc1.Cc1ccccc1.Cc1ccccc1.Cc1ccccc1.Cc1ccccc1.Cc1ccccc1.Cc1ccccc1.Cc1ccccc1.Cc1ccccc1.Cc1ccccc1.Cc1ccccc1.Cc1ccccc1. The van der Waals surface area contributed by atoms with Crippen LogP contribution in [0.2, 0.25) is 0 Å². The van der Waals surface area contributed by atoms with Crippen molar-refractivity contribution < 1.29 is 0 Å². The maximum absolute atomic E-state index is 8.34. The van der Waals surface area contributed by atoms with Crippen molar-refractivity contribution in [2.75, 3.05) is 0 Å². The molecule has 0 fully saturated rings. The minimum absolute atomic E-state index is 0.514. The van der Waals surface area contributed by atoms with E-state index in [4.69, 9.17) is 5.26 Å².